The van der Waals surface area contributed by atoms with Crippen molar-refractivity contribution < 1.29 is 4.79 Å². The van der Waals surface area contributed by atoms with Gasteiger partial charge in [0, 0.05) is 25.2 Å². The van der Waals surface area contributed by atoms with Gasteiger partial charge in [-0.2, -0.15) is 0 Å². The van der Waals surface area contributed by atoms with Crippen molar-refractivity contribution in [2.75, 3.05) is 25.0 Å². The van der Waals surface area contributed by atoms with Gasteiger partial charge in [-0.05, 0) is 31.4 Å². The molecule has 0 aliphatic carbocycles. The third-order valence-corrected chi connectivity index (χ3v) is 3.05. The minimum atomic E-state index is 0.00467. The molecule has 1 aromatic heterocycles. The van der Waals surface area contributed by atoms with E-state index in [4.69, 9.17) is 11.6 Å². The number of carbonyl (C=O) groups excluding carboxylic acids is 1. The fourth-order valence-corrected chi connectivity index (χ4v) is 2.15. The predicted octanol–water partition coefficient (Wildman–Crippen LogP) is 3.68. The lowest BCUT2D eigenvalue weighted by Crippen LogP contribution is -2.34. The molecule has 0 radical (unpaired) electrons. The van der Waals surface area contributed by atoms with Crippen molar-refractivity contribution in [2.45, 2.75) is 34.1 Å². The van der Waals surface area contributed by atoms with Crippen LogP contribution >= 0.6 is 11.6 Å². The first-order valence-corrected chi connectivity index (χ1v) is 7.56. The highest BCUT2D eigenvalue weighted by molar-refractivity contribution is 6.29. The van der Waals surface area contributed by atoms with Gasteiger partial charge in [0.1, 0.15) is 11.0 Å². The highest BCUT2D eigenvalue weighted by Gasteiger charge is 2.16. The van der Waals surface area contributed by atoms with Crippen LogP contribution in [0, 0.1) is 5.92 Å². The number of nitrogens with zero attached hydrogens (tertiary/aromatic N) is 2. The third kappa shape index (κ3) is 5.00. The molecule has 20 heavy (non-hydrogen) atoms. The number of rotatable bonds is 7. The van der Waals surface area contributed by atoms with Crippen LogP contribution in [0.25, 0.3) is 0 Å². The molecule has 1 rings (SSSR count). The largest absolute Gasteiger partial charge is 0.370 e. The van der Waals surface area contributed by atoms with Gasteiger partial charge in [0.05, 0.1) is 0 Å². The van der Waals surface area contributed by atoms with Gasteiger partial charge in [-0.15, -0.1) is 0 Å². The molecule has 0 saturated heterocycles. The summed E-state index contributed by atoms with van der Waals surface area (Å²) in [6.07, 6.45) is 0.992. The Morgan fingerprint density at radius 3 is 2.65 bits per heavy atom. The summed E-state index contributed by atoms with van der Waals surface area (Å²) in [7, 11) is 0. The molecule has 0 unspecified atom stereocenters. The van der Waals surface area contributed by atoms with Crippen LogP contribution in [-0.2, 0) is 0 Å². The Bertz CT molecular complexity index is 449. The minimum Gasteiger partial charge on any atom is -0.370 e. The van der Waals surface area contributed by atoms with Gasteiger partial charge in [0.2, 0.25) is 0 Å². The first-order valence-electron chi connectivity index (χ1n) is 7.18. The van der Waals surface area contributed by atoms with Gasteiger partial charge in [-0.1, -0.05) is 32.4 Å². The summed E-state index contributed by atoms with van der Waals surface area (Å²) in [5, 5.41) is 3.50. The maximum atomic E-state index is 12.5. The lowest BCUT2D eigenvalue weighted by atomic mass is 10.1. The predicted molar refractivity (Wildman–Crippen MR) is 84.4 cm³/mol. The van der Waals surface area contributed by atoms with Crippen LogP contribution in [0.15, 0.2) is 12.1 Å². The number of anilines is 1. The first-order chi connectivity index (χ1) is 9.47. The van der Waals surface area contributed by atoms with E-state index in [1.165, 1.54) is 0 Å². The number of pyridine rings is 1. The summed E-state index contributed by atoms with van der Waals surface area (Å²) in [5.74, 6) is 1.10. The molecule has 0 aromatic carbocycles. The zero-order chi connectivity index (χ0) is 15.1. The molecular formula is C15H24ClN3O. The topological polar surface area (TPSA) is 45.2 Å². The average molecular weight is 298 g/mol. The van der Waals surface area contributed by atoms with Gasteiger partial charge in [-0.3, -0.25) is 4.79 Å². The van der Waals surface area contributed by atoms with Crippen LogP contribution in [0.1, 0.15) is 44.5 Å². The zero-order valence-electron chi connectivity index (χ0n) is 12.7. The standard InChI is InChI=1S/C15H24ClN3O/c1-5-7-17-14-9-12(8-13(16)18-14)15(20)19(6-2)10-11(3)4/h8-9,11H,5-7,10H2,1-4H3,(H,17,18). The molecule has 4 nitrogen and oxygen atoms in total. The molecule has 1 amide bonds. The van der Waals surface area contributed by atoms with Crippen molar-refractivity contribution in [3.05, 3.63) is 22.8 Å². The molecule has 0 aliphatic heterocycles. The van der Waals surface area contributed by atoms with E-state index in [0.717, 1.165) is 19.5 Å². The lowest BCUT2D eigenvalue weighted by molar-refractivity contribution is 0.0745. The molecule has 1 heterocycles. The number of halogens is 1. The number of hydrogen-bond acceptors (Lipinski definition) is 3. The third-order valence-electron chi connectivity index (χ3n) is 2.85. The Morgan fingerprint density at radius 2 is 2.10 bits per heavy atom. The molecule has 0 bridgehead atoms. The molecular weight excluding hydrogens is 274 g/mol. The zero-order valence-corrected chi connectivity index (χ0v) is 13.5. The summed E-state index contributed by atoms with van der Waals surface area (Å²) in [6, 6.07) is 3.40. The Balaban J connectivity index is 2.93. The van der Waals surface area contributed by atoms with E-state index in [-0.39, 0.29) is 5.91 Å². The molecule has 0 aliphatic rings. The molecule has 5 heteroatoms. The summed E-state index contributed by atoms with van der Waals surface area (Å²) in [4.78, 5) is 18.5. The Hall–Kier alpha value is -1.29. The van der Waals surface area contributed by atoms with Crippen LogP contribution in [0.4, 0.5) is 5.82 Å². The fraction of sp³-hybridized carbons (Fsp3) is 0.600. The van der Waals surface area contributed by atoms with Crippen molar-refractivity contribution in [3.63, 3.8) is 0 Å². The average Bonchev–Trinajstić information content (AvgIpc) is 2.41. The second-order valence-corrected chi connectivity index (χ2v) is 5.62. The van der Waals surface area contributed by atoms with Crippen LogP contribution in [0.5, 0.6) is 0 Å². The lowest BCUT2D eigenvalue weighted by Gasteiger charge is -2.23. The van der Waals surface area contributed by atoms with E-state index in [2.05, 4.69) is 31.1 Å². The Kier molecular flexibility index (Phi) is 6.79. The van der Waals surface area contributed by atoms with Crippen LogP contribution in [0.3, 0.4) is 0 Å². The minimum absolute atomic E-state index is 0.00467. The first kappa shape index (κ1) is 16.8. The van der Waals surface area contributed by atoms with Gasteiger partial charge in [0.25, 0.3) is 5.91 Å². The molecule has 0 saturated carbocycles. The highest BCUT2D eigenvalue weighted by atomic mass is 35.5. The smallest absolute Gasteiger partial charge is 0.254 e. The van der Waals surface area contributed by atoms with Crippen molar-refractivity contribution in [1.29, 1.82) is 0 Å². The maximum Gasteiger partial charge on any atom is 0.254 e. The summed E-state index contributed by atoms with van der Waals surface area (Å²) in [5.41, 5.74) is 0.589. The van der Waals surface area contributed by atoms with Gasteiger partial charge < -0.3 is 10.2 Å². The normalized spacial score (nSPS) is 10.7. The SMILES string of the molecule is CCCNc1cc(C(=O)N(CC)CC(C)C)cc(Cl)n1. The van der Waals surface area contributed by atoms with E-state index in [1.807, 2.05) is 11.8 Å². The van der Waals surface area contributed by atoms with Crippen molar-refractivity contribution >= 4 is 23.3 Å². The second-order valence-electron chi connectivity index (χ2n) is 5.23. The molecule has 1 aromatic rings. The second kappa shape index (κ2) is 8.10. The van der Waals surface area contributed by atoms with E-state index < -0.39 is 0 Å². The van der Waals surface area contributed by atoms with Gasteiger partial charge >= 0.3 is 0 Å². The Labute approximate surface area is 126 Å². The van der Waals surface area contributed by atoms with Crippen LogP contribution in [0.2, 0.25) is 5.15 Å². The van der Waals surface area contributed by atoms with E-state index in [0.29, 0.717) is 29.0 Å². The number of amides is 1. The molecule has 0 atom stereocenters. The number of hydrogen-bond donors (Lipinski definition) is 1. The van der Waals surface area contributed by atoms with E-state index in [1.54, 1.807) is 12.1 Å². The van der Waals surface area contributed by atoms with E-state index in [9.17, 15) is 4.79 Å². The number of carbonyl (C=O) groups is 1. The van der Waals surface area contributed by atoms with E-state index >= 15 is 0 Å². The van der Waals surface area contributed by atoms with Crippen LogP contribution < -0.4 is 5.32 Å². The maximum absolute atomic E-state index is 12.5. The highest BCUT2D eigenvalue weighted by Crippen LogP contribution is 2.17. The molecule has 0 fully saturated rings. The monoisotopic (exact) mass is 297 g/mol. The summed E-state index contributed by atoms with van der Waals surface area (Å²) in [6.45, 7) is 10.5. The number of aromatic nitrogens is 1. The molecule has 0 spiro atoms. The fourth-order valence-electron chi connectivity index (χ4n) is 1.94. The summed E-state index contributed by atoms with van der Waals surface area (Å²) >= 11 is 6.00. The Morgan fingerprint density at radius 1 is 1.40 bits per heavy atom. The van der Waals surface area contributed by atoms with Crippen molar-refractivity contribution in [2.24, 2.45) is 5.92 Å². The quantitative estimate of drug-likeness (QED) is 0.781. The van der Waals surface area contributed by atoms with Crippen molar-refractivity contribution in [3.8, 4) is 0 Å². The van der Waals surface area contributed by atoms with Gasteiger partial charge in [-0.25, -0.2) is 4.98 Å². The number of nitrogens with one attached hydrogen (secondary N) is 1. The van der Waals surface area contributed by atoms with Gasteiger partial charge in [0.15, 0.2) is 0 Å². The van der Waals surface area contributed by atoms with Crippen molar-refractivity contribution in [1.82, 2.24) is 9.88 Å². The summed E-state index contributed by atoms with van der Waals surface area (Å²) < 4.78 is 0. The molecule has 1 N–H and O–H groups in total. The molecule has 112 valence electrons. The van der Waals surface area contributed by atoms with Crippen LogP contribution in [-0.4, -0.2) is 35.4 Å².